The monoisotopic (exact) mass is 287 g/mol. The average molecular weight is 287 g/mol. The van der Waals surface area contributed by atoms with E-state index < -0.39 is 5.79 Å². The number of amides is 1. The number of benzene rings is 1. The Morgan fingerprint density at radius 1 is 1.29 bits per heavy atom. The van der Waals surface area contributed by atoms with Gasteiger partial charge in [0.15, 0.2) is 5.79 Å². The molecule has 2 atom stereocenters. The molecule has 0 spiro atoms. The zero-order valence-corrected chi connectivity index (χ0v) is 12.5. The molecular weight excluding hydrogens is 266 g/mol. The molecule has 1 amide bonds. The quantitative estimate of drug-likeness (QED) is 0.802. The Morgan fingerprint density at radius 2 is 2.05 bits per heavy atom. The van der Waals surface area contributed by atoms with Gasteiger partial charge < -0.3 is 14.4 Å². The van der Waals surface area contributed by atoms with E-state index >= 15 is 0 Å². The molecule has 1 fully saturated rings. The van der Waals surface area contributed by atoms with Crippen LogP contribution in [0.1, 0.15) is 25.8 Å². The van der Waals surface area contributed by atoms with E-state index in [-0.39, 0.29) is 18.1 Å². The Kier molecular flexibility index (Phi) is 3.83. The second-order valence-corrected chi connectivity index (χ2v) is 6.00. The summed E-state index contributed by atoms with van der Waals surface area (Å²) in [6, 6.07) is 9.99. The fourth-order valence-corrected chi connectivity index (χ4v) is 2.88. The summed E-state index contributed by atoms with van der Waals surface area (Å²) in [6.07, 6.45) is 4.35. The maximum atomic E-state index is 12.3. The van der Waals surface area contributed by atoms with Crippen LogP contribution in [0.4, 0.5) is 0 Å². The molecule has 0 saturated carbocycles. The highest BCUT2D eigenvalue weighted by Crippen LogP contribution is 2.29. The smallest absolute Gasteiger partial charge is 0.227 e. The summed E-state index contributed by atoms with van der Waals surface area (Å²) in [5, 5.41) is 0. The highest BCUT2D eigenvalue weighted by molar-refractivity contribution is 5.79. The van der Waals surface area contributed by atoms with Gasteiger partial charge in [0, 0.05) is 13.0 Å². The van der Waals surface area contributed by atoms with E-state index in [2.05, 4.69) is 6.08 Å². The first-order valence-electron chi connectivity index (χ1n) is 7.37. The molecule has 1 aromatic carbocycles. The number of nitrogens with zero attached hydrogens (tertiary/aromatic N) is 1. The zero-order valence-electron chi connectivity index (χ0n) is 12.5. The van der Waals surface area contributed by atoms with E-state index in [0.717, 1.165) is 5.56 Å². The second-order valence-electron chi connectivity index (χ2n) is 6.00. The van der Waals surface area contributed by atoms with Crippen LogP contribution in [0.15, 0.2) is 42.5 Å². The van der Waals surface area contributed by atoms with E-state index in [1.807, 2.05) is 55.2 Å². The Balaban J connectivity index is 1.79. The summed E-state index contributed by atoms with van der Waals surface area (Å²) in [7, 11) is 0. The molecule has 0 unspecified atom stereocenters. The van der Waals surface area contributed by atoms with Crippen LogP contribution < -0.4 is 0 Å². The van der Waals surface area contributed by atoms with Gasteiger partial charge in [-0.15, -0.1) is 0 Å². The number of hydrogen-bond donors (Lipinski definition) is 0. The summed E-state index contributed by atoms with van der Waals surface area (Å²) in [4.78, 5) is 14.2. The summed E-state index contributed by atoms with van der Waals surface area (Å²) in [5.74, 6) is -0.433. The first kappa shape index (κ1) is 14.3. The lowest BCUT2D eigenvalue weighted by atomic mass is 10.0. The molecule has 4 heteroatoms. The highest BCUT2D eigenvalue weighted by atomic mass is 16.7. The second kappa shape index (κ2) is 5.62. The third-order valence-electron chi connectivity index (χ3n) is 3.91. The molecule has 0 aliphatic carbocycles. The molecule has 0 radical (unpaired) electrons. The molecule has 0 N–H and O–H groups in total. The Labute approximate surface area is 125 Å². The van der Waals surface area contributed by atoms with Gasteiger partial charge in [-0.25, -0.2) is 0 Å². The Hall–Kier alpha value is -1.65. The van der Waals surface area contributed by atoms with Crippen LogP contribution in [0.25, 0.3) is 0 Å². The van der Waals surface area contributed by atoms with Gasteiger partial charge in [0.2, 0.25) is 5.91 Å². The standard InChI is InChI=1S/C17H21NO3/c1-17(2)20-12-15(21-17)14-9-6-10-16(19)18(14)11-13-7-4-3-5-8-13/h3-9,14-15H,10-12H2,1-2H3/t14-,15+/m0/s1. The minimum Gasteiger partial charge on any atom is -0.348 e. The van der Waals surface area contributed by atoms with Gasteiger partial charge in [-0.1, -0.05) is 42.5 Å². The topological polar surface area (TPSA) is 38.8 Å². The van der Waals surface area contributed by atoms with Crippen molar-refractivity contribution in [3.05, 3.63) is 48.0 Å². The van der Waals surface area contributed by atoms with Gasteiger partial charge in [0.05, 0.1) is 12.6 Å². The molecule has 21 heavy (non-hydrogen) atoms. The van der Waals surface area contributed by atoms with Crippen molar-refractivity contribution in [1.29, 1.82) is 0 Å². The molecule has 112 valence electrons. The maximum Gasteiger partial charge on any atom is 0.227 e. The van der Waals surface area contributed by atoms with E-state index in [9.17, 15) is 4.79 Å². The Morgan fingerprint density at radius 3 is 2.71 bits per heavy atom. The van der Waals surface area contributed by atoms with Crippen molar-refractivity contribution in [3.63, 3.8) is 0 Å². The average Bonchev–Trinajstić information content (AvgIpc) is 2.82. The van der Waals surface area contributed by atoms with Crippen LogP contribution in [-0.2, 0) is 20.8 Å². The molecule has 4 nitrogen and oxygen atoms in total. The summed E-state index contributed by atoms with van der Waals surface area (Å²) < 4.78 is 11.6. The van der Waals surface area contributed by atoms with Gasteiger partial charge in [0.1, 0.15) is 6.10 Å². The highest BCUT2D eigenvalue weighted by Gasteiger charge is 2.40. The molecule has 3 rings (SSSR count). The molecule has 0 bridgehead atoms. The fraction of sp³-hybridized carbons (Fsp3) is 0.471. The predicted octanol–water partition coefficient (Wildman–Crippen LogP) is 2.50. The van der Waals surface area contributed by atoms with Crippen LogP contribution in [-0.4, -0.2) is 35.3 Å². The van der Waals surface area contributed by atoms with Crippen molar-refractivity contribution in [2.75, 3.05) is 6.61 Å². The number of ether oxygens (including phenoxy) is 2. The molecule has 1 aromatic rings. The molecule has 2 aliphatic rings. The predicted molar refractivity (Wildman–Crippen MR) is 79.4 cm³/mol. The van der Waals surface area contributed by atoms with Gasteiger partial charge in [0.25, 0.3) is 0 Å². The zero-order chi connectivity index (χ0) is 14.9. The minimum absolute atomic E-state index is 0.0618. The SMILES string of the molecule is CC1(C)OC[C@H]([C@@H]2C=CCC(=O)N2Cc2ccccc2)O1. The van der Waals surface area contributed by atoms with E-state index in [1.165, 1.54) is 0 Å². The van der Waals surface area contributed by atoms with Gasteiger partial charge in [-0.3, -0.25) is 4.79 Å². The summed E-state index contributed by atoms with van der Waals surface area (Å²) in [6.45, 7) is 4.93. The Bertz CT molecular complexity index is 538. The minimum atomic E-state index is -0.572. The van der Waals surface area contributed by atoms with Crippen LogP contribution in [0.2, 0.25) is 0 Å². The van der Waals surface area contributed by atoms with E-state index in [1.54, 1.807) is 0 Å². The molecule has 0 aromatic heterocycles. The van der Waals surface area contributed by atoms with Crippen molar-refractivity contribution in [2.24, 2.45) is 0 Å². The molecule has 2 heterocycles. The van der Waals surface area contributed by atoms with Crippen molar-refractivity contribution in [3.8, 4) is 0 Å². The molecule has 2 aliphatic heterocycles. The van der Waals surface area contributed by atoms with Crippen molar-refractivity contribution in [2.45, 2.75) is 44.7 Å². The normalized spacial score (nSPS) is 28.1. The lowest BCUT2D eigenvalue weighted by Crippen LogP contribution is -2.48. The van der Waals surface area contributed by atoms with Crippen LogP contribution in [0, 0.1) is 0 Å². The largest absolute Gasteiger partial charge is 0.348 e. The number of hydrogen-bond acceptors (Lipinski definition) is 3. The lowest BCUT2D eigenvalue weighted by molar-refractivity contribution is -0.151. The number of rotatable bonds is 3. The van der Waals surface area contributed by atoms with Gasteiger partial charge >= 0.3 is 0 Å². The molecular formula is C17H21NO3. The van der Waals surface area contributed by atoms with E-state index in [4.69, 9.17) is 9.47 Å². The van der Waals surface area contributed by atoms with Crippen molar-refractivity contribution >= 4 is 5.91 Å². The van der Waals surface area contributed by atoms with Crippen LogP contribution in [0.3, 0.4) is 0 Å². The summed E-state index contributed by atoms with van der Waals surface area (Å²) in [5.41, 5.74) is 1.13. The van der Waals surface area contributed by atoms with Crippen LogP contribution in [0.5, 0.6) is 0 Å². The van der Waals surface area contributed by atoms with Gasteiger partial charge in [-0.2, -0.15) is 0 Å². The van der Waals surface area contributed by atoms with Crippen LogP contribution >= 0.6 is 0 Å². The van der Waals surface area contributed by atoms with Crippen molar-refractivity contribution < 1.29 is 14.3 Å². The lowest BCUT2D eigenvalue weighted by Gasteiger charge is -2.35. The molecule has 1 saturated heterocycles. The number of carbonyl (C=O) groups is 1. The third kappa shape index (κ3) is 3.17. The van der Waals surface area contributed by atoms with Gasteiger partial charge in [-0.05, 0) is 19.4 Å². The maximum absolute atomic E-state index is 12.3. The summed E-state index contributed by atoms with van der Waals surface area (Å²) >= 11 is 0. The van der Waals surface area contributed by atoms with Crippen molar-refractivity contribution in [1.82, 2.24) is 4.90 Å². The first-order valence-corrected chi connectivity index (χ1v) is 7.37. The fourth-order valence-electron chi connectivity index (χ4n) is 2.88. The van der Waals surface area contributed by atoms with E-state index in [0.29, 0.717) is 19.6 Å². The number of carbonyl (C=O) groups excluding carboxylic acids is 1. The third-order valence-corrected chi connectivity index (χ3v) is 3.91. The first-order chi connectivity index (χ1) is 10.1.